The van der Waals surface area contributed by atoms with Crippen molar-refractivity contribution in [3.63, 3.8) is 0 Å². The molecule has 0 spiro atoms. The SMILES string of the molecule is CN1C=NC2=C(F)C(CNC3=CCC(I)C=C3F)=C(NS(=O)(=O)C3CC3)CC21. The molecule has 1 fully saturated rings. The molecular weight excluding hydrogens is 501 g/mol. The highest BCUT2D eigenvalue weighted by Crippen LogP contribution is 2.37. The maximum Gasteiger partial charge on any atom is 0.235 e. The number of aliphatic imine (C=N–C) groups is 1. The Kier molecular flexibility index (Phi) is 5.27. The molecule has 1 saturated carbocycles. The Morgan fingerprint density at radius 1 is 1.36 bits per heavy atom. The Morgan fingerprint density at radius 2 is 2.11 bits per heavy atom. The highest BCUT2D eigenvalue weighted by molar-refractivity contribution is 14.1. The first kappa shape index (κ1) is 19.9. The summed E-state index contributed by atoms with van der Waals surface area (Å²) in [6, 6.07) is -0.342. The summed E-state index contributed by atoms with van der Waals surface area (Å²) < 4.78 is 57.0. The quantitative estimate of drug-likeness (QED) is 0.416. The predicted molar refractivity (Wildman–Crippen MR) is 113 cm³/mol. The van der Waals surface area contributed by atoms with Gasteiger partial charge < -0.3 is 10.2 Å². The zero-order valence-electron chi connectivity index (χ0n) is 15.3. The minimum Gasteiger partial charge on any atom is -0.379 e. The third-order valence-corrected chi connectivity index (χ3v) is 8.00. The molecule has 0 aromatic heterocycles. The largest absolute Gasteiger partial charge is 0.379 e. The first-order chi connectivity index (χ1) is 13.3. The number of allylic oxidation sites excluding steroid dienone is 3. The Hall–Kier alpha value is -1.43. The van der Waals surface area contributed by atoms with Crippen molar-refractivity contribution < 1.29 is 17.2 Å². The van der Waals surface area contributed by atoms with E-state index in [0.717, 1.165) is 0 Å². The first-order valence-corrected chi connectivity index (χ1v) is 11.9. The predicted octanol–water partition coefficient (Wildman–Crippen LogP) is 2.78. The minimum atomic E-state index is -3.54. The van der Waals surface area contributed by atoms with E-state index >= 15 is 4.39 Å². The normalized spacial score (nSPS) is 27.6. The van der Waals surface area contributed by atoms with Gasteiger partial charge in [0.15, 0.2) is 5.83 Å². The van der Waals surface area contributed by atoms with Gasteiger partial charge in [-0.3, -0.25) is 4.72 Å². The van der Waals surface area contributed by atoms with Crippen molar-refractivity contribution in [3.8, 4) is 0 Å². The molecule has 0 amide bonds. The average Bonchev–Trinajstić information content (AvgIpc) is 3.42. The standard InChI is InChI=1S/C18H21F2IN4O2S/c1-25-9-23-18-16(25)7-15(24-28(26,27)11-3-4-11)12(17(18)20)8-22-14-5-2-10(21)6-13(14)19/h5-6,9-11,16,22,24H,2-4,7-8H2,1H3. The summed E-state index contributed by atoms with van der Waals surface area (Å²) in [5, 5.41) is 2.51. The van der Waals surface area contributed by atoms with E-state index in [2.05, 4.69) is 37.6 Å². The lowest BCUT2D eigenvalue weighted by Gasteiger charge is -2.29. The lowest BCUT2D eigenvalue weighted by Crippen LogP contribution is -2.37. The number of fused-ring (bicyclic) bond motifs is 1. The maximum absolute atomic E-state index is 15.2. The van der Waals surface area contributed by atoms with Crippen LogP contribution in [0.2, 0.25) is 0 Å². The fourth-order valence-electron chi connectivity index (χ4n) is 3.47. The zero-order chi connectivity index (χ0) is 20.1. The van der Waals surface area contributed by atoms with E-state index in [1.165, 1.54) is 12.4 Å². The van der Waals surface area contributed by atoms with Crippen LogP contribution < -0.4 is 10.0 Å². The van der Waals surface area contributed by atoms with Crippen LogP contribution in [0.4, 0.5) is 8.78 Å². The van der Waals surface area contributed by atoms with Gasteiger partial charge in [0.25, 0.3) is 0 Å². The van der Waals surface area contributed by atoms with Crippen molar-refractivity contribution in [2.24, 2.45) is 4.99 Å². The highest BCUT2D eigenvalue weighted by Gasteiger charge is 2.40. The van der Waals surface area contributed by atoms with Gasteiger partial charge in [0, 0.05) is 35.2 Å². The topological polar surface area (TPSA) is 73.8 Å². The maximum atomic E-state index is 15.2. The second-order valence-electron chi connectivity index (χ2n) is 7.37. The van der Waals surface area contributed by atoms with E-state index in [9.17, 15) is 12.8 Å². The number of nitrogens with zero attached hydrogens (tertiary/aromatic N) is 2. The summed E-state index contributed by atoms with van der Waals surface area (Å²) in [5.74, 6) is -0.933. The Morgan fingerprint density at radius 3 is 2.79 bits per heavy atom. The molecule has 2 atom stereocenters. The molecule has 28 heavy (non-hydrogen) atoms. The van der Waals surface area contributed by atoms with Crippen molar-refractivity contribution in [2.75, 3.05) is 13.6 Å². The zero-order valence-corrected chi connectivity index (χ0v) is 18.2. The van der Waals surface area contributed by atoms with Gasteiger partial charge in [0.2, 0.25) is 10.0 Å². The molecule has 1 heterocycles. The minimum absolute atomic E-state index is 0.0250. The van der Waals surface area contributed by atoms with Crippen LogP contribution in [0.3, 0.4) is 0 Å². The van der Waals surface area contributed by atoms with E-state index in [0.29, 0.717) is 37.1 Å². The molecule has 0 saturated heterocycles. The summed E-state index contributed by atoms with van der Waals surface area (Å²) in [5.41, 5.74) is 1.09. The number of halogens is 3. The van der Waals surface area contributed by atoms with Gasteiger partial charge in [0.05, 0.1) is 23.3 Å². The summed E-state index contributed by atoms with van der Waals surface area (Å²) in [7, 11) is -1.76. The monoisotopic (exact) mass is 522 g/mol. The number of nitrogens with one attached hydrogen (secondary N) is 2. The first-order valence-electron chi connectivity index (χ1n) is 9.12. The van der Waals surface area contributed by atoms with E-state index < -0.39 is 21.1 Å². The molecule has 0 aromatic carbocycles. The van der Waals surface area contributed by atoms with Gasteiger partial charge in [0.1, 0.15) is 11.5 Å². The smallest absolute Gasteiger partial charge is 0.235 e. The lowest BCUT2D eigenvalue weighted by molar-refractivity contribution is 0.412. The van der Waals surface area contributed by atoms with E-state index in [4.69, 9.17) is 0 Å². The Balaban J connectivity index is 1.62. The van der Waals surface area contributed by atoms with Crippen molar-refractivity contribution in [1.82, 2.24) is 14.9 Å². The number of likely N-dealkylation sites (N-methyl/N-ethyl adjacent to an activating group) is 1. The summed E-state index contributed by atoms with van der Waals surface area (Å²) in [4.78, 5) is 5.89. The summed E-state index contributed by atoms with van der Waals surface area (Å²) in [6.07, 6.45) is 7.00. The van der Waals surface area contributed by atoms with Gasteiger partial charge in [-0.1, -0.05) is 28.7 Å². The van der Waals surface area contributed by atoms with Crippen molar-refractivity contribution >= 4 is 39.0 Å². The molecule has 0 bridgehead atoms. The molecule has 152 valence electrons. The van der Waals surface area contributed by atoms with Crippen LogP contribution in [0, 0.1) is 0 Å². The second-order valence-corrected chi connectivity index (χ2v) is 10.9. The molecule has 0 aromatic rings. The molecule has 6 nitrogen and oxygen atoms in total. The van der Waals surface area contributed by atoms with Crippen LogP contribution >= 0.6 is 22.6 Å². The Bertz CT molecular complexity index is 951. The highest BCUT2D eigenvalue weighted by atomic mass is 127. The average molecular weight is 522 g/mol. The summed E-state index contributed by atoms with van der Waals surface area (Å²) in [6.45, 7) is -0.0250. The third-order valence-electron chi connectivity index (χ3n) is 5.25. The van der Waals surface area contributed by atoms with Crippen LogP contribution in [0.25, 0.3) is 0 Å². The van der Waals surface area contributed by atoms with Crippen LogP contribution in [0.1, 0.15) is 25.7 Å². The molecule has 10 heteroatoms. The van der Waals surface area contributed by atoms with Crippen LogP contribution in [0.5, 0.6) is 0 Å². The van der Waals surface area contributed by atoms with Gasteiger partial charge in [-0.05, 0) is 25.3 Å². The van der Waals surface area contributed by atoms with E-state index in [-0.39, 0.29) is 33.6 Å². The lowest BCUT2D eigenvalue weighted by atomic mass is 9.95. The van der Waals surface area contributed by atoms with Crippen LogP contribution in [-0.2, 0) is 10.0 Å². The van der Waals surface area contributed by atoms with E-state index in [1.807, 2.05) is 0 Å². The van der Waals surface area contributed by atoms with Gasteiger partial charge in [-0.2, -0.15) is 0 Å². The molecule has 2 unspecified atom stereocenters. The number of rotatable bonds is 6. The molecule has 0 radical (unpaired) electrons. The van der Waals surface area contributed by atoms with Gasteiger partial charge in [-0.25, -0.2) is 22.2 Å². The molecule has 3 aliphatic carbocycles. The molecule has 2 N–H and O–H groups in total. The van der Waals surface area contributed by atoms with Crippen molar-refractivity contribution in [2.45, 2.75) is 40.9 Å². The van der Waals surface area contributed by atoms with Crippen molar-refractivity contribution in [1.29, 1.82) is 0 Å². The number of sulfonamides is 1. The number of hydrogen-bond donors (Lipinski definition) is 2. The number of alkyl halides is 1. The fraction of sp³-hybridized carbons (Fsp3) is 0.500. The molecular formula is C18H21F2IN4O2S. The Labute approximate surface area is 176 Å². The summed E-state index contributed by atoms with van der Waals surface area (Å²) >= 11 is 2.14. The number of hydrogen-bond acceptors (Lipinski definition) is 5. The molecule has 4 aliphatic rings. The second kappa shape index (κ2) is 7.43. The third kappa shape index (κ3) is 3.85. The fourth-order valence-corrected chi connectivity index (χ4v) is 5.51. The van der Waals surface area contributed by atoms with Crippen LogP contribution in [0.15, 0.2) is 51.5 Å². The van der Waals surface area contributed by atoms with Crippen molar-refractivity contribution in [3.05, 3.63) is 46.5 Å². The molecule has 1 aliphatic heterocycles. The molecule has 4 rings (SSSR count). The van der Waals surface area contributed by atoms with Crippen LogP contribution in [-0.4, -0.2) is 48.5 Å². The van der Waals surface area contributed by atoms with Gasteiger partial charge >= 0.3 is 0 Å². The van der Waals surface area contributed by atoms with Gasteiger partial charge in [-0.15, -0.1) is 0 Å². The van der Waals surface area contributed by atoms with E-state index in [1.54, 1.807) is 18.0 Å².